The summed E-state index contributed by atoms with van der Waals surface area (Å²) in [6.07, 6.45) is 3.85. The Kier molecular flexibility index (Phi) is 5.34. The van der Waals surface area contributed by atoms with E-state index >= 15 is 0 Å². The molecule has 0 aliphatic heterocycles. The predicted molar refractivity (Wildman–Crippen MR) is 86.8 cm³/mol. The molecule has 1 heterocycles. The Balaban J connectivity index is 2.16. The summed E-state index contributed by atoms with van der Waals surface area (Å²) in [5.41, 5.74) is 4.92. The van der Waals surface area contributed by atoms with Gasteiger partial charge in [-0.05, 0) is 68.6 Å². The molecule has 0 aliphatic rings. The summed E-state index contributed by atoms with van der Waals surface area (Å²) in [6, 6.07) is 10.8. The lowest BCUT2D eigenvalue weighted by molar-refractivity contribution is 0.410. The summed E-state index contributed by atoms with van der Waals surface area (Å²) in [5.74, 6) is 0.954. The quantitative estimate of drug-likeness (QED) is 0.880. The number of benzene rings is 1. The van der Waals surface area contributed by atoms with Crippen molar-refractivity contribution in [3.63, 3.8) is 0 Å². The van der Waals surface area contributed by atoms with Crippen LogP contribution in [-0.4, -0.2) is 19.1 Å². The minimum atomic E-state index is 0.330. The summed E-state index contributed by atoms with van der Waals surface area (Å²) < 4.78 is 5.39. The van der Waals surface area contributed by atoms with Crippen molar-refractivity contribution in [2.75, 3.05) is 14.2 Å². The van der Waals surface area contributed by atoms with Gasteiger partial charge in [0.05, 0.1) is 7.11 Å². The molecule has 1 atom stereocenters. The van der Waals surface area contributed by atoms with Crippen molar-refractivity contribution in [2.24, 2.45) is 0 Å². The van der Waals surface area contributed by atoms with Gasteiger partial charge in [0.1, 0.15) is 5.75 Å². The highest BCUT2D eigenvalue weighted by Gasteiger charge is 2.14. The van der Waals surface area contributed by atoms with E-state index < -0.39 is 0 Å². The van der Waals surface area contributed by atoms with E-state index in [-0.39, 0.29) is 0 Å². The first-order valence-electron chi connectivity index (χ1n) is 7.38. The highest BCUT2D eigenvalue weighted by molar-refractivity contribution is 5.42. The maximum atomic E-state index is 5.39. The highest BCUT2D eigenvalue weighted by atomic mass is 16.5. The maximum absolute atomic E-state index is 5.39. The van der Waals surface area contributed by atoms with Gasteiger partial charge in [-0.3, -0.25) is 4.98 Å². The zero-order valence-corrected chi connectivity index (χ0v) is 13.3. The number of nitrogens with zero attached hydrogens (tertiary/aromatic N) is 1. The van der Waals surface area contributed by atoms with Gasteiger partial charge in [-0.2, -0.15) is 0 Å². The summed E-state index contributed by atoms with van der Waals surface area (Å²) in [7, 11) is 3.74. The Hall–Kier alpha value is -1.87. The lowest BCUT2D eigenvalue weighted by Crippen LogP contribution is -2.18. The Morgan fingerprint density at radius 2 is 2.00 bits per heavy atom. The van der Waals surface area contributed by atoms with Crippen LogP contribution in [0.5, 0.6) is 5.75 Å². The van der Waals surface area contributed by atoms with Gasteiger partial charge in [0.25, 0.3) is 0 Å². The number of rotatable bonds is 6. The van der Waals surface area contributed by atoms with E-state index in [4.69, 9.17) is 4.74 Å². The second-order valence-corrected chi connectivity index (χ2v) is 5.38. The molecule has 0 aliphatic carbocycles. The summed E-state index contributed by atoms with van der Waals surface area (Å²) in [5, 5.41) is 3.43. The monoisotopic (exact) mass is 284 g/mol. The van der Waals surface area contributed by atoms with Crippen LogP contribution in [0.4, 0.5) is 0 Å². The van der Waals surface area contributed by atoms with E-state index in [1.807, 2.05) is 25.4 Å². The molecular formula is C18H24N2O. The van der Waals surface area contributed by atoms with Crippen LogP contribution in [-0.2, 0) is 6.42 Å². The summed E-state index contributed by atoms with van der Waals surface area (Å²) in [4.78, 5) is 4.40. The van der Waals surface area contributed by atoms with Crippen LogP contribution < -0.4 is 10.1 Å². The largest absolute Gasteiger partial charge is 0.496 e. The second kappa shape index (κ2) is 7.23. The lowest BCUT2D eigenvalue weighted by atomic mass is 9.94. The average Bonchev–Trinajstić information content (AvgIpc) is 2.51. The van der Waals surface area contributed by atoms with Crippen molar-refractivity contribution in [3.05, 3.63) is 58.9 Å². The molecule has 0 amide bonds. The van der Waals surface area contributed by atoms with Crippen molar-refractivity contribution in [1.29, 1.82) is 0 Å². The number of nitrogens with one attached hydrogen (secondary N) is 1. The third-order valence-corrected chi connectivity index (χ3v) is 3.92. The molecule has 1 unspecified atom stereocenters. The van der Waals surface area contributed by atoms with E-state index in [0.29, 0.717) is 6.04 Å². The first-order valence-corrected chi connectivity index (χ1v) is 7.38. The molecule has 21 heavy (non-hydrogen) atoms. The van der Waals surface area contributed by atoms with Crippen LogP contribution >= 0.6 is 0 Å². The fourth-order valence-corrected chi connectivity index (χ4v) is 2.70. The lowest BCUT2D eigenvalue weighted by Gasteiger charge is -2.20. The molecule has 1 aromatic carbocycles. The van der Waals surface area contributed by atoms with Crippen molar-refractivity contribution in [1.82, 2.24) is 10.3 Å². The molecule has 0 spiro atoms. The minimum Gasteiger partial charge on any atom is -0.496 e. The molecule has 2 aromatic rings. The first kappa shape index (κ1) is 15.5. The number of hydrogen-bond acceptors (Lipinski definition) is 3. The third kappa shape index (κ3) is 3.82. The zero-order valence-electron chi connectivity index (χ0n) is 13.3. The SMILES string of the molecule is CNC(CCc1ccccn1)c1cc(C)c(OC)cc1C. The minimum absolute atomic E-state index is 0.330. The number of methoxy groups -OCH3 is 1. The Bertz CT molecular complexity index is 581. The van der Waals surface area contributed by atoms with Gasteiger partial charge in [0.15, 0.2) is 0 Å². The van der Waals surface area contributed by atoms with Crippen LogP contribution in [0.3, 0.4) is 0 Å². The second-order valence-electron chi connectivity index (χ2n) is 5.38. The first-order chi connectivity index (χ1) is 10.2. The van der Waals surface area contributed by atoms with E-state index in [0.717, 1.165) is 24.3 Å². The van der Waals surface area contributed by atoms with Gasteiger partial charge in [0.2, 0.25) is 0 Å². The standard InChI is InChI=1S/C18H24N2O/c1-13-12-18(21-4)14(2)11-16(13)17(19-3)9-8-15-7-5-6-10-20-15/h5-7,10-12,17,19H,8-9H2,1-4H3. The Morgan fingerprint density at radius 1 is 1.19 bits per heavy atom. The molecule has 0 bridgehead atoms. The molecular weight excluding hydrogens is 260 g/mol. The Labute approximate surface area is 127 Å². The molecule has 3 nitrogen and oxygen atoms in total. The number of aromatic nitrogens is 1. The van der Waals surface area contributed by atoms with Crippen molar-refractivity contribution in [2.45, 2.75) is 32.7 Å². The van der Waals surface area contributed by atoms with E-state index in [9.17, 15) is 0 Å². The van der Waals surface area contributed by atoms with E-state index in [2.05, 4.69) is 42.3 Å². The van der Waals surface area contributed by atoms with Crippen LogP contribution in [0.2, 0.25) is 0 Å². The smallest absolute Gasteiger partial charge is 0.122 e. The molecule has 112 valence electrons. The number of ether oxygens (including phenoxy) is 1. The van der Waals surface area contributed by atoms with Gasteiger partial charge in [-0.15, -0.1) is 0 Å². The topological polar surface area (TPSA) is 34.2 Å². The molecule has 0 saturated carbocycles. The number of hydrogen-bond donors (Lipinski definition) is 1. The molecule has 0 radical (unpaired) electrons. The molecule has 0 saturated heterocycles. The molecule has 1 N–H and O–H groups in total. The molecule has 2 rings (SSSR count). The van der Waals surface area contributed by atoms with Gasteiger partial charge in [-0.25, -0.2) is 0 Å². The average molecular weight is 284 g/mol. The third-order valence-electron chi connectivity index (χ3n) is 3.92. The Morgan fingerprint density at radius 3 is 2.62 bits per heavy atom. The van der Waals surface area contributed by atoms with Gasteiger partial charge in [-0.1, -0.05) is 12.1 Å². The highest BCUT2D eigenvalue weighted by Crippen LogP contribution is 2.28. The normalized spacial score (nSPS) is 12.2. The van der Waals surface area contributed by atoms with Crippen molar-refractivity contribution >= 4 is 0 Å². The van der Waals surface area contributed by atoms with Gasteiger partial charge in [0, 0.05) is 17.9 Å². The van der Waals surface area contributed by atoms with Gasteiger partial charge >= 0.3 is 0 Å². The van der Waals surface area contributed by atoms with Crippen molar-refractivity contribution in [3.8, 4) is 5.75 Å². The zero-order chi connectivity index (χ0) is 15.2. The van der Waals surface area contributed by atoms with Crippen LogP contribution in [0.25, 0.3) is 0 Å². The number of aryl methyl sites for hydroxylation is 3. The van der Waals surface area contributed by atoms with Crippen LogP contribution in [0.1, 0.15) is 34.8 Å². The summed E-state index contributed by atoms with van der Waals surface area (Å²) in [6.45, 7) is 4.23. The fraction of sp³-hybridized carbons (Fsp3) is 0.389. The van der Waals surface area contributed by atoms with Crippen LogP contribution in [0, 0.1) is 13.8 Å². The molecule has 0 fully saturated rings. The summed E-state index contributed by atoms with van der Waals surface area (Å²) >= 11 is 0. The van der Waals surface area contributed by atoms with E-state index in [1.54, 1.807) is 7.11 Å². The van der Waals surface area contributed by atoms with Crippen molar-refractivity contribution < 1.29 is 4.74 Å². The predicted octanol–water partition coefficient (Wildman–Crippen LogP) is 3.60. The maximum Gasteiger partial charge on any atom is 0.122 e. The van der Waals surface area contributed by atoms with E-state index in [1.165, 1.54) is 16.7 Å². The molecule has 1 aromatic heterocycles. The van der Waals surface area contributed by atoms with Gasteiger partial charge < -0.3 is 10.1 Å². The van der Waals surface area contributed by atoms with Crippen LogP contribution in [0.15, 0.2) is 36.5 Å². The number of pyridine rings is 1. The molecule has 3 heteroatoms. The fourth-order valence-electron chi connectivity index (χ4n) is 2.70.